The molecule has 1 amide bonds. The molecular formula is C12H20N4O. The van der Waals surface area contributed by atoms with Crippen molar-refractivity contribution in [2.24, 2.45) is 5.84 Å². The number of hydrogen-bond acceptors (Lipinski definition) is 4. The fourth-order valence-electron chi connectivity index (χ4n) is 1.42. The molecule has 0 aliphatic carbocycles. The van der Waals surface area contributed by atoms with Gasteiger partial charge in [0.25, 0.3) is 5.91 Å². The van der Waals surface area contributed by atoms with Crippen LogP contribution in [0.25, 0.3) is 0 Å². The molecule has 0 saturated heterocycles. The second kappa shape index (κ2) is 5.63. The minimum Gasteiger partial charge on any atom is -0.347 e. The van der Waals surface area contributed by atoms with Crippen molar-refractivity contribution in [2.75, 3.05) is 5.43 Å². The lowest BCUT2D eigenvalue weighted by molar-refractivity contribution is 0.0901. The Morgan fingerprint density at radius 3 is 2.65 bits per heavy atom. The highest BCUT2D eigenvalue weighted by atomic mass is 16.1. The number of carbonyl (C=O) groups is 1. The molecule has 4 N–H and O–H groups in total. The Kier molecular flexibility index (Phi) is 4.45. The Balaban J connectivity index is 2.82. The minimum atomic E-state index is -0.170. The molecular weight excluding hydrogens is 216 g/mol. The maximum Gasteiger partial charge on any atom is 0.251 e. The number of hydrazine groups is 1. The molecule has 5 heteroatoms. The predicted octanol–water partition coefficient (Wildman–Crippen LogP) is 1.68. The third-order valence-corrected chi connectivity index (χ3v) is 3.15. The standard InChI is InChI=1S/C12H20N4O/c1-4-12(3,5-2)15-11(17)9-6-7-14-10(8-9)16-13/h6-8H,4-5,13H2,1-3H3,(H,14,16)(H,15,17). The van der Waals surface area contributed by atoms with Crippen molar-refractivity contribution in [2.45, 2.75) is 39.2 Å². The molecule has 0 fully saturated rings. The fraction of sp³-hybridized carbons (Fsp3) is 0.500. The van der Waals surface area contributed by atoms with Gasteiger partial charge in [-0.15, -0.1) is 0 Å². The van der Waals surface area contributed by atoms with Crippen LogP contribution in [0.1, 0.15) is 44.0 Å². The molecule has 17 heavy (non-hydrogen) atoms. The molecule has 0 spiro atoms. The highest BCUT2D eigenvalue weighted by molar-refractivity contribution is 5.95. The van der Waals surface area contributed by atoms with Crippen LogP contribution in [0.15, 0.2) is 18.3 Å². The summed E-state index contributed by atoms with van der Waals surface area (Å²) in [5, 5.41) is 3.03. The van der Waals surface area contributed by atoms with E-state index in [4.69, 9.17) is 5.84 Å². The first kappa shape index (κ1) is 13.4. The monoisotopic (exact) mass is 236 g/mol. The van der Waals surface area contributed by atoms with E-state index in [1.165, 1.54) is 0 Å². The maximum absolute atomic E-state index is 12.0. The zero-order valence-corrected chi connectivity index (χ0v) is 10.6. The third-order valence-electron chi connectivity index (χ3n) is 3.15. The number of anilines is 1. The predicted molar refractivity (Wildman–Crippen MR) is 68.5 cm³/mol. The SMILES string of the molecule is CCC(C)(CC)NC(=O)c1ccnc(NN)c1. The Labute approximate surface area is 102 Å². The number of carbonyl (C=O) groups excluding carboxylic acids is 1. The van der Waals surface area contributed by atoms with Gasteiger partial charge in [-0.05, 0) is 31.9 Å². The van der Waals surface area contributed by atoms with E-state index >= 15 is 0 Å². The number of hydrogen-bond donors (Lipinski definition) is 3. The first-order valence-corrected chi connectivity index (χ1v) is 5.80. The van der Waals surface area contributed by atoms with Gasteiger partial charge in [0.15, 0.2) is 0 Å². The van der Waals surface area contributed by atoms with Crippen molar-refractivity contribution in [1.29, 1.82) is 0 Å². The van der Waals surface area contributed by atoms with Crippen LogP contribution in [0.2, 0.25) is 0 Å². The molecule has 0 bridgehead atoms. The zero-order valence-electron chi connectivity index (χ0n) is 10.6. The summed E-state index contributed by atoms with van der Waals surface area (Å²) >= 11 is 0. The number of nitrogen functional groups attached to an aromatic ring is 1. The lowest BCUT2D eigenvalue weighted by Gasteiger charge is -2.28. The van der Waals surface area contributed by atoms with Gasteiger partial charge < -0.3 is 10.7 Å². The summed E-state index contributed by atoms with van der Waals surface area (Å²) in [6.45, 7) is 6.15. The molecule has 0 aromatic carbocycles. The number of nitrogens with zero attached hydrogens (tertiary/aromatic N) is 1. The van der Waals surface area contributed by atoms with Crippen molar-refractivity contribution in [3.8, 4) is 0 Å². The van der Waals surface area contributed by atoms with Gasteiger partial charge in [0.05, 0.1) is 0 Å². The van der Waals surface area contributed by atoms with Crippen molar-refractivity contribution >= 4 is 11.7 Å². The van der Waals surface area contributed by atoms with E-state index in [1.807, 2.05) is 6.92 Å². The number of rotatable bonds is 5. The number of nitrogens with two attached hydrogens (primary N) is 1. The molecule has 0 radical (unpaired) electrons. The van der Waals surface area contributed by atoms with Gasteiger partial charge >= 0.3 is 0 Å². The molecule has 0 unspecified atom stereocenters. The summed E-state index contributed by atoms with van der Waals surface area (Å²) in [6.07, 6.45) is 3.34. The normalized spacial score (nSPS) is 11.1. The van der Waals surface area contributed by atoms with Crippen LogP contribution in [0.5, 0.6) is 0 Å². The van der Waals surface area contributed by atoms with Crippen LogP contribution in [0.3, 0.4) is 0 Å². The third kappa shape index (κ3) is 3.42. The fourth-order valence-corrected chi connectivity index (χ4v) is 1.42. The number of pyridine rings is 1. The van der Waals surface area contributed by atoms with Crippen molar-refractivity contribution in [3.05, 3.63) is 23.9 Å². The largest absolute Gasteiger partial charge is 0.347 e. The lowest BCUT2D eigenvalue weighted by Crippen LogP contribution is -2.44. The summed E-state index contributed by atoms with van der Waals surface area (Å²) < 4.78 is 0. The average Bonchev–Trinajstić information content (AvgIpc) is 2.38. The molecule has 0 aliphatic rings. The molecule has 0 atom stereocenters. The molecule has 5 nitrogen and oxygen atoms in total. The summed E-state index contributed by atoms with van der Waals surface area (Å²) in [5.74, 6) is 5.63. The van der Waals surface area contributed by atoms with Crippen LogP contribution in [0.4, 0.5) is 5.82 Å². The molecule has 1 aromatic rings. The van der Waals surface area contributed by atoms with Gasteiger partial charge in [0.2, 0.25) is 0 Å². The summed E-state index contributed by atoms with van der Waals surface area (Å²) in [4.78, 5) is 16.0. The van der Waals surface area contributed by atoms with E-state index in [0.717, 1.165) is 12.8 Å². The van der Waals surface area contributed by atoms with Gasteiger partial charge in [0.1, 0.15) is 5.82 Å². The zero-order chi connectivity index (χ0) is 12.9. The van der Waals surface area contributed by atoms with E-state index in [1.54, 1.807) is 18.3 Å². The number of nitrogens with one attached hydrogen (secondary N) is 2. The van der Waals surface area contributed by atoms with Crippen LogP contribution in [-0.4, -0.2) is 16.4 Å². The highest BCUT2D eigenvalue weighted by Gasteiger charge is 2.22. The molecule has 1 rings (SSSR count). The molecule has 94 valence electrons. The Morgan fingerprint density at radius 2 is 2.12 bits per heavy atom. The van der Waals surface area contributed by atoms with Crippen LogP contribution in [0, 0.1) is 0 Å². The Morgan fingerprint density at radius 1 is 1.47 bits per heavy atom. The average molecular weight is 236 g/mol. The van der Waals surface area contributed by atoms with Crippen molar-refractivity contribution in [1.82, 2.24) is 10.3 Å². The first-order valence-electron chi connectivity index (χ1n) is 5.80. The number of aromatic nitrogens is 1. The molecule has 0 saturated carbocycles. The quantitative estimate of drug-likeness (QED) is 0.536. The highest BCUT2D eigenvalue weighted by Crippen LogP contribution is 2.15. The second-order valence-electron chi connectivity index (χ2n) is 4.30. The van der Waals surface area contributed by atoms with E-state index in [2.05, 4.69) is 29.6 Å². The van der Waals surface area contributed by atoms with Gasteiger partial charge in [0, 0.05) is 17.3 Å². The van der Waals surface area contributed by atoms with Crippen LogP contribution < -0.4 is 16.6 Å². The first-order chi connectivity index (χ1) is 8.04. The van der Waals surface area contributed by atoms with Crippen molar-refractivity contribution in [3.63, 3.8) is 0 Å². The smallest absolute Gasteiger partial charge is 0.251 e. The van der Waals surface area contributed by atoms with Gasteiger partial charge in [-0.2, -0.15) is 0 Å². The molecule has 1 aromatic heterocycles. The van der Waals surface area contributed by atoms with E-state index in [-0.39, 0.29) is 11.4 Å². The lowest BCUT2D eigenvalue weighted by atomic mass is 9.95. The second-order valence-corrected chi connectivity index (χ2v) is 4.30. The topological polar surface area (TPSA) is 80.0 Å². The minimum absolute atomic E-state index is 0.102. The summed E-state index contributed by atoms with van der Waals surface area (Å²) in [6, 6.07) is 3.29. The van der Waals surface area contributed by atoms with E-state index in [9.17, 15) is 4.79 Å². The molecule has 1 heterocycles. The summed E-state index contributed by atoms with van der Waals surface area (Å²) in [5.41, 5.74) is 2.81. The summed E-state index contributed by atoms with van der Waals surface area (Å²) in [7, 11) is 0. The Bertz CT molecular complexity index is 388. The van der Waals surface area contributed by atoms with Crippen molar-refractivity contribution < 1.29 is 4.79 Å². The molecule has 0 aliphatic heterocycles. The van der Waals surface area contributed by atoms with Crippen LogP contribution in [-0.2, 0) is 0 Å². The Hall–Kier alpha value is -1.62. The van der Waals surface area contributed by atoms with Crippen LogP contribution >= 0.6 is 0 Å². The number of amides is 1. The maximum atomic E-state index is 12.0. The van der Waals surface area contributed by atoms with Gasteiger partial charge in [-0.3, -0.25) is 4.79 Å². The van der Waals surface area contributed by atoms with E-state index in [0.29, 0.717) is 11.4 Å². The van der Waals surface area contributed by atoms with Gasteiger partial charge in [-0.1, -0.05) is 13.8 Å². The van der Waals surface area contributed by atoms with Gasteiger partial charge in [-0.25, -0.2) is 10.8 Å². The van der Waals surface area contributed by atoms with E-state index < -0.39 is 0 Å².